The lowest BCUT2D eigenvalue weighted by molar-refractivity contribution is 0.571. The van der Waals surface area contributed by atoms with Crippen molar-refractivity contribution in [2.45, 2.75) is 43.9 Å². The van der Waals surface area contributed by atoms with Crippen LogP contribution in [-0.4, -0.2) is 0 Å². The summed E-state index contributed by atoms with van der Waals surface area (Å²) in [6.45, 7) is 0. The van der Waals surface area contributed by atoms with Gasteiger partial charge >= 0.3 is 0 Å². The summed E-state index contributed by atoms with van der Waals surface area (Å²) >= 11 is 0. The molecular formula is C23H22. The highest BCUT2D eigenvalue weighted by Crippen LogP contribution is 2.35. The molecule has 4 rings (SSSR count). The van der Waals surface area contributed by atoms with E-state index in [2.05, 4.69) is 72.8 Å². The Labute approximate surface area is 139 Å². The molecule has 2 aromatic rings. The van der Waals surface area contributed by atoms with Crippen LogP contribution in [0.2, 0.25) is 0 Å². The van der Waals surface area contributed by atoms with E-state index in [9.17, 15) is 0 Å². The van der Waals surface area contributed by atoms with Gasteiger partial charge in [0.05, 0.1) is 0 Å². The molecule has 0 nitrogen and oxygen atoms in total. The molecule has 0 bridgehead atoms. The van der Waals surface area contributed by atoms with Gasteiger partial charge in [0.15, 0.2) is 0 Å². The molecule has 0 heterocycles. The Morgan fingerprint density at radius 2 is 1.09 bits per heavy atom. The Morgan fingerprint density at radius 3 is 1.61 bits per heavy atom. The number of allylic oxidation sites excluding steroid dienone is 2. The Hall–Kier alpha value is -2.08. The Kier molecular flexibility index (Phi) is 4.15. The lowest BCUT2D eigenvalue weighted by Gasteiger charge is -2.12. The highest BCUT2D eigenvalue weighted by atomic mass is 14.2. The van der Waals surface area contributed by atoms with E-state index < -0.39 is 0 Å². The molecule has 23 heavy (non-hydrogen) atoms. The summed E-state index contributed by atoms with van der Waals surface area (Å²) in [6, 6.07) is 17.4. The average Bonchev–Trinajstić information content (AvgIpc) is 3.19. The highest BCUT2D eigenvalue weighted by Gasteiger charge is 2.18. The molecule has 0 saturated heterocycles. The van der Waals surface area contributed by atoms with Crippen LogP contribution in [0.5, 0.6) is 0 Å². The summed E-state index contributed by atoms with van der Waals surface area (Å²) in [5.41, 5.74) is 5.65. The molecule has 0 N–H and O–H groups in total. The van der Waals surface area contributed by atoms with Gasteiger partial charge in [-0.25, -0.2) is 0 Å². The van der Waals surface area contributed by atoms with Crippen molar-refractivity contribution in [3.05, 3.63) is 82.9 Å². The predicted octanol–water partition coefficient (Wildman–Crippen LogP) is 6.16. The van der Waals surface area contributed by atoms with Crippen LogP contribution < -0.4 is 0 Å². The van der Waals surface area contributed by atoms with Gasteiger partial charge in [-0.15, -0.1) is 0 Å². The predicted molar refractivity (Wildman–Crippen MR) is 96.9 cm³/mol. The Morgan fingerprint density at radius 1 is 0.609 bits per heavy atom. The first-order valence-corrected chi connectivity index (χ1v) is 8.78. The van der Waals surface area contributed by atoms with Crippen LogP contribution in [0.15, 0.2) is 48.5 Å². The van der Waals surface area contributed by atoms with Gasteiger partial charge in [0, 0.05) is 11.8 Å². The molecule has 2 aromatic carbocycles. The van der Waals surface area contributed by atoms with Crippen LogP contribution in [0, 0.1) is 12.2 Å². The van der Waals surface area contributed by atoms with E-state index in [1.807, 2.05) is 0 Å². The Balaban J connectivity index is 1.22. The van der Waals surface area contributed by atoms with Gasteiger partial charge < -0.3 is 0 Å². The van der Waals surface area contributed by atoms with E-state index >= 15 is 0 Å². The third kappa shape index (κ3) is 3.03. The number of rotatable bonds is 6. The summed E-state index contributed by atoms with van der Waals surface area (Å²) in [7, 11) is 0. The lowest BCUT2D eigenvalue weighted by Crippen LogP contribution is -1.96. The monoisotopic (exact) mass is 298 g/mol. The molecular weight excluding hydrogens is 276 g/mol. The molecule has 2 atom stereocenters. The number of fused-ring (bicyclic) bond motifs is 2. The van der Waals surface area contributed by atoms with Gasteiger partial charge in [0.25, 0.3) is 0 Å². The van der Waals surface area contributed by atoms with Gasteiger partial charge in [-0.05, 0) is 47.2 Å². The highest BCUT2D eigenvalue weighted by molar-refractivity contribution is 5.60. The zero-order valence-corrected chi connectivity index (χ0v) is 13.5. The van der Waals surface area contributed by atoms with E-state index in [0.717, 1.165) is 0 Å². The number of unbranched alkanes of at least 4 members (excludes halogenated alkanes) is 2. The van der Waals surface area contributed by atoms with Crippen molar-refractivity contribution in [2.75, 3.05) is 0 Å². The maximum atomic E-state index is 3.52. The minimum atomic E-state index is 0.518. The third-order valence-electron chi connectivity index (χ3n) is 5.11. The van der Waals surface area contributed by atoms with Crippen molar-refractivity contribution in [2.24, 2.45) is 0 Å². The second-order valence-corrected chi connectivity index (χ2v) is 6.62. The number of benzene rings is 2. The number of hydrogen-bond donors (Lipinski definition) is 0. The largest absolute Gasteiger partial charge is 0.0619 e. The van der Waals surface area contributed by atoms with E-state index in [-0.39, 0.29) is 0 Å². The molecule has 2 radical (unpaired) electrons. The fraction of sp³-hybridized carbons (Fsp3) is 0.304. The number of hydrogen-bond acceptors (Lipinski definition) is 0. The van der Waals surface area contributed by atoms with Crippen LogP contribution in [0.3, 0.4) is 0 Å². The first-order chi connectivity index (χ1) is 11.4. The minimum absolute atomic E-state index is 0.518. The SMILES string of the molecule is [C]1=Cc2ccccc2C1CCCCCC1[C]=Cc2ccccc21. The topological polar surface area (TPSA) is 0 Å². The average molecular weight is 298 g/mol. The first kappa shape index (κ1) is 14.5. The van der Waals surface area contributed by atoms with Crippen molar-refractivity contribution in [1.29, 1.82) is 0 Å². The first-order valence-electron chi connectivity index (χ1n) is 8.78. The van der Waals surface area contributed by atoms with E-state index in [4.69, 9.17) is 0 Å². The molecule has 0 fully saturated rings. The smallest absolute Gasteiger partial charge is 0.00984 e. The van der Waals surface area contributed by atoms with Crippen molar-refractivity contribution in [3.8, 4) is 0 Å². The van der Waals surface area contributed by atoms with Crippen LogP contribution in [0.4, 0.5) is 0 Å². The molecule has 0 heteroatoms. The second kappa shape index (κ2) is 6.58. The third-order valence-corrected chi connectivity index (χ3v) is 5.11. The van der Waals surface area contributed by atoms with E-state index in [1.165, 1.54) is 54.4 Å². The van der Waals surface area contributed by atoms with E-state index in [1.54, 1.807) is 0 Å². The molecule has 2 aliphatic carbocycles. The normalized spacial score (nSPS) is 20.7. The molecule has 0 spiro atoms. The summed E-state index contributed by atoms with van der Waals surface area (Å²) in [5.74, 6) is 1.04. The molecule has 2 unspecified atom stereocenters. The zero-order chi connectivity index (χ0) is 15.5. The summed E-state index contributed by atoms with van der Waals surface area (Å²) in [5, 5.41) is 0. The van der Waals surface area contributed by atoms with Gasteiger partial charge in [-0.2, -0.15) is 0 Å². The standard InChI is InChI=1S/C23H22/c1(2-8-18-14-16-20-10-4-6-12-22(18)20)3-9-19-15-17-21-11-5-7-13-23(19)21/h4-7,10-13,16-19H,1-3,8-9H2. The molecule has 0 aromatic heterocycles. The molecule has 114 valence electrons. The maximum absolute atomic E-state index is 3.52. The van der Waals surface area contributed by atoms with Gasteiger partial charge in [-0.1, -0.05) is 79.9 Å². The van der Waals surface area contributed by atoms with Gasteiger partial charge in [0.1, 0.15) is 0 Å². The van der Waals surface area contributed by atoms with Crippen molar-refractivity contribution >= 4 is 12.2 Å². The molecule has 0 saturated carbocycles. The van der Waals surface area contributed by atoms with Crippen molar-refractivity contribution < 1.29 is 0 Å². The van der Waals surface area contributed by atoms with E-state index in [0.29, 0.717) is 11.8 Å². The van der Waals surface area contributed by atoms with Gasteiger partial charge in [-0.3, -0.25) is 0 Å². The van der Waals surface area contributed by atoms with Crippen molar-refractivity contribution in [3.63, 3.8) is 0 Å². The molecule has 0 aliphatic heterocycles. The fourth-order valence-corrected chi connectivity index (χ4v) is 3.83. The van der Waals surface area contributed by atoms with Crippen LogP contribution in [0.1, 0.15) is 66.2 Å². The fourth-order valence-electron chi connectivity index (χ4n) is 3.83. The summed E-state index contributed by atoms with van der Waals surface area (Å²) < 4.78 is 0. The quantitative estimate of drug-likeness (QED) is 0.560. The minimum Gasteiger partial charge on any atom is -0.0619 e. The Bertz CT molecular complexity index is 672. The van der Waals surface area contributed by atoms with Crippen LogP contribution in [-0.2, 0) is 0 Å². The summed E-state index contributed by atoms with van der Waals surface area (Å²) in [6.07, 6.45) is 17.7. The van der Waals surface area contributed by atoms with Crippen LogP contribution in [0.25, 0.3) is 12.2 Å². The van der Waals surface area contributed by atoms with Crippen LogP contribution >= 0.6 is 0 Å². The van der Waals surface area contributed by atoms with Gasteiger partial charge in [0.2, 0.25) is 0 Å². The summed E-state index contributed by atoms with van der Waals surface area (Å²) in [4.78, 5) is 0. The second-order valence-electron chi connectivity index (χ2n) is 6.62. The molecule has 2 aliphatic rings. The zero-order valence-electron chi connectivity index (χ0n) is 13.5. The maximum Gasteiger partial charge on any atom is 0.00984 e. The molecule has 0 amide bonds. The lowest BCUT2D eigenvalue weighted by atomic mass is 9.92. The van der Waals surface area contributed by atoms with Crippen molar-refractivity contribution in [1.82, 2.24) is 0 Å².